The molecule has 0 bridgehead atoms. The van der Waals surface area contributed by atoms with Crippen LogP contribution in [0, 0.1) is 0 Å². The Labute approximate surface area is 161 Å². The molecule has 1 saturated heterocycles. The SMILES string of the molecule is C=CC(=C=C(/C=C\C)N1CCN(CCCCC)CC1)C1=CCCCCC1. The molecule has 2 nitrogen and oxygen atoms in total. The Morgan fingerprint density at radius 1 is 1.15 bits per heavy atom. The molecule has 2 aliphatic rings. The topological polar surface area (TPSA) is 6.48 Å². The maximum absolute atomic E-state index is 4.07. The van der Waals surface area contributed by atoms with Crippen LogP contribution in [0.25, 0.3) is 0 Å². The first-order chi connectivity index (χ1) is 12.8. The lowest BCUT2D eigenvalue weighted by molar-refractivity contribution is 0.160. The second kappa shape index (κ2) is 12.0. The van der Waals surface area contributed by atoms with E-state index < -0.39 is 0 Å². The van der Waals surface area contributed by atoms with Gasteiger partial charge < -0.3 is 4.90 Å². The van der Waals surface area contributed by atoms with Gasteiger partial charge in [0.25, 0.3) is 0 Å². The van der Waals surface area contributed by atoms with Crippen molar-refractivity contribution in [1.82, 2.24) is 9.80 Å². The molecule has 1 aliphatic heterocycles. The van der Waals surface area contributed by atoms with Crippen LogP contribution in [-0.2, 0) is 0 Å². The number of allylic oxidation sites excluding steroid dienone is 5. The summed E-state index contributed by atoms with van der Waals surface area (Å²) in [7, 11) is 0. The lowest BCUT2D eigenvalue weighted by Crippen LogP contribution is -2.45. The van der Waals surface area contributed by atoms with Crippen LogP contribution in [0.2, 0.25) is 0 Å². The normalized spacial score (nSPS) is 19.0. The van der Waals surface area contributed by atoms with Crippen LogP contribution in [0.4, 0.5) is 0 Å². The zero-order chi connectivity index (χ0) is 18.6. The molecule has 144 valence electrons. The van der Waals surface area contributed by atoms with Crippen LogP contribution >= 0.6 is 0 Å². The number of hydrogen-bond acceptors (Lipinski definition) is 2. The Morgan fingerprint density at radius 3 is 2.65 bits per heavy atom. The number of unbranched alkanes of at least 4 members (excludes halogenated alkanes) is 2. The minimum Gasteiger partial charge on any atom is -0.363 e. The number of piperazine rings is 1. The molecule has 2 rings (SSSR count). The van der Waals surface area contributed by atoms with E-state index in [1.165, 1.54) is 87.8 Å². The zero-order valence-electron chi connectivity index (χ0n) is 17.1. The van der Waals surface area contributed by atoms with E-state index in [1.807, 2.05) is 6.08 Å². The zero-order valence-corrected chi connectivity index (χ0v) is 17.1. The Kier molecular flexibility index (Phi) is 9.60. The summed E-state index contributed by atoms with van der Waals surface area (Å²) in [4.78, 5) is 5.11. The van der Waals surface area contributed by atoms with Crippen LogP contribution in [0.1, 0.15) is 65.2 Å². The van der Waals surface area contributed by atoms with Crippen molar-refractivity contribution in [3.8, 4) is 0 Å². The summed E-state index contributed by atoms with van der Waals surface area (Å²) in [6.45, 7) is 14.2. The Bertz CT molecular complexity index is 553. The maximum Gasteiger partial charge on any atom is 0.0803 e. The van der Waals surface area contributed by atoms with Gasteiger partial charge in [-0.3, -0.25) is 4.90 Å². The number of nitrogens with zero attached hydrogens (tertiary/aromatic N) is 2. The van der Waals surface area contributed by atoms with Crippen LogP contribution in [0.3, 0.4) is 0 Å². The lowest BCUT2D eigenvalue weighted by Gasteiger charge is -2.36. The minimum absolute atomic E-state index is 1.10. The average molecular weight is 355 g/mol. The van der Waals surface area contributed by atoms with Crippen molar-refractivity contribution in [1.29, 1.82) is 0 Å². The summed E-state index contributed by atoms with van der Waals surface area (Å²) in [5, 5.41) is 0. The van der Waals surface area contributed by atoms with Crippen LogP contribution in [0.15, 0.2) is 53.5 Å². The molecule has 0 aromatic rings. The molecule has 0 unspecified atom stereocenters. The maximum atomic E-state index is 4.07. The van der Waals surface area contributed by atoms with E-state index in [0.717, 1.165) is 13.1 Å². The van der Waals surface area contributed by atoms with Crippen molar-refractivity contribution in [2.24, 2.45) is 0 Å². The molecule has 2 heteroatoms. The quantitative estimate of drug-likeness (QED) is 0.306. The summed E-state index contributed by atoms with van der Waals surface area (Å²) >= 11 is 0. The van der Waals surface area contributed by atoms with E-state index in [2.05, 4.69) is 54.2 Å². The summed E-state index contributed by atoms with van der Waals surface area (Å²) in [5.74, 6) is 0. The van der Waals surface area contributed by atoms with Gasteiger partial charge in [-0.1, -0.05) is 56.7 Å². The van der Waals surface area contributed by atoms with Gasteiger partial charge >= 0.3 is 0 Å². The Morgan fingerprint density at radius 2 is 1.96 bits per heavy atom. The average Bonchev–Trinajstić information content (AvgIpc) is 2.95. The fraction of sp³-hybridized carbons (Fsp3) is 0.625. The molecule has 0 spiro atoms. The minimum atomic E-state index is 1.10. The Balaban J connectivity index is 2.10. The van der Waals surface area contributed by atoms with E-state index >= 15 is 0 Å². The van der Waals surface area contributed by atoms with Crippen molar-refractivity contribution in [2.75, 3.05) is 32.7 Å². The Hall–Kier alpha value is -1.50. The third-order valence-electron chi connectivity index (χ3n) is 5.47. The fourth-order valence-electron chi connectivity index (χ4n) is 3.84. The standard InChI is InChI=1S/C24H38N2/c1-4-7-12-16-25-17-19-26(20-18-25)24(13-5-2)21-22(6-3)23-14-10-8-9-11-15-23/h5-6,13-14H,3-4,7-12,15-20H2,1-2H3/b13-5-. The first kappa shape index (κ1) is 20.8. The molecule has 1 fully saturated rings. The summed E-state index contributed by atoms with van der Waals surface area (Å²) < 4.78 is 0. The summed E-state index contributed by atoms with van der Waals surface area (Å²) in [6, 6.07) is 0. The van der Waals surface area contributed by atoms with Crippen molar-refractivity contribution in [3.05, 3.63) is 53.5 Å². The molecule has 1 heterocycles. The second-order valence-corrected chi connectivity index (χ2v) is 7.49. The van der Waals surface area contributed by atoms with Gasteiger partial charge in [0.1, 0.15) is 0 Å². The largest absolute Gasteiger partial charge is 0.363 e. The van der Waals surface area contributed by atoms with Gasteiger partial charge in [-0.25, -0.2) is 0 Å². The highest BCUT2D eigenvalue weighted by Gasteiger charge is 2.17. The van der Waals surface area contributed by atoms with Crippen LogP contribution < -0.4 is 0 Å². The first-order valence-electron chi connectivity index (χ1n) is 10.7. The first-order valence-corrected chi connectivity index (χ1v) is 10.7. The molecule has 0 radical (unpaired) electrons. The van der Waals surface area contributed by atoms with Gasteiger partial charge in [-0.15, -0.1) is 0 Å². The third kappa shape index (κ3) is 6.67. The highest BCUT2D eigenvalue weighted by Crippen LogP contribution is 2.24. The smallest absolute Gasteiger partial charge is 0.0803 e. The van der Waals surface area contributed by atoms with E-state index in [-0.39, 0.29) is 0 Å². The second-order valence-electron chi connectivity index (χ2n) is 7.49. The molecule has 1 aliphatic carbocycles. The molecular weight excluding hydrogens is 316 g/mol. The fourth-order valence-corrected chi connectivity index (χ4v) is 3.84. The van der Waals surface area contributed by atoms with Gasteiger partial charge in [0.05, 0.1) is 5.70 Å². The molecule has 0 aromatic carbocycles. The molecular formula is C24H38N2. The van der Waals surface area contributed by atoms with Crippen molar-refractivity contribution in [2.45, 2.75) is 65.2 Å². The molecule has 0 atom stereocenters. The monoisotopic (exact) mass is 354 g/mol. The van der Waals surface area contributed by atoms with Crippen LogP contribution in [-0.4, -0.2) is 42.5 Å². The summed E-state index contributed by atoms with van der Waals surface area (Å²) in [6.07, 6.45) is 19.1. The van der Waals surface area contributed by atoms with Crippen molar-refractivity contribution >= 4 is 0 Å². The lowest BCUT2D eigenvalue weighted by atomic mass is 10.0. The van der Waals surface area contributed by atoms with E-state index in [0.29, 0.717) is 0 Å². The summed E-state index contributed by atoms with van der Waals surface area (Å²) in [5.41, 5.74) is 7.57. The number of hydrogen-bond donors (Lipinski definition) is 0. The van der Waals surface area contributed by atoms with Gasteiger partial charge in [-0.2, -0.15) is 0 Å². The van der Waals surface area contributed by atoms with E-state index in [4.69, 9.17) is 0 Å². The highest BCUT2D eigenvalue weighted by atomic mass is 15.3. The van der Waals surface area contributed by atoms with Gasteiger partial charge in [0.15, 0.2) is 0 Å². The molecule has 0 saturated carbocycles. The number of rotatable bonds is 8. The van der Waals surface area contributed by atoms with Crippen LogP contribution in [0.5, 0.6) is 0 Å². The molecule has 0 amide bonds. The van der Waals surface area contributed by atoms with Gasteiger partial charge in [-0.05, 0) is 57.2 Å². The van der Waals surface area contributed by atoms with Gasteiger partial charge in [0, 0.05) is 31.8 Å². The molecule has 0 aromatic heterocycles. The van der Waals surface area contributed by atoms with Gasteiger partial charge in [0.2, 0.25) is 0 Å². The van der Waals surface area contributed by atoms with Crippen molar-refractivity contribution < 1.29 is 0 Å². The predicted molar refractivity (Wildman–Crippen MR) is 114 cm³/mol. The van der Waals surface area contributed by atoms with E-state index in [1.54, 1.807) is 0 Å². The van der Waals surface area contributed by atoms with Crippen molar-refractivity contribution in [3.63, 3.8) is 0 Å². The highest BCUT2D eigenvalue weighted by molar-refractivity contribution is 5.40. The molecule has 26 heavy (non-hydrogen) atoms. The molecule has 0 N–H and O–H groups in total. The predicted octanol–water partition coefficient (Wildman–Crippen LogP) is 5.86. The van der Waals surface area contributed by atoms with E-state index in [9.17, 15) is 0 Å². The third-order valence-corrected chi connectivity index (χ3v) is 5.47.